The third kappa shape index (κ3) is 4.90. The maximum absolute atomic E-state index is 11.2. The van der Waals surface area contributed by atoms with Crippen molar-refractivity contribution in [1.29, 1.82) is 0 Å². The molecule has 1 N–H and O–H groups in total. The normalized spacial score (nSPS) is 13.1. The lowest BCUT2D eigenvalue weighted by atomic mass is 9.70. The summed E-state index contributed by atoms with van der Waals surface area (Å²) < 4.78 is 7.62. The lowest BCUT2D eigenvalue weighted by molar-refractivity contribution is 0.0597. The first kappa shape index (κ1) is 25.1. The Morgan fingerprint density at radius 2 is 0.971 bits per heavy atom. The van der Waals surface area contributed by atoms with Crippen LogP contribution < -0.4 is 0 Å². The van der Waals surface area contributed by atoms with Crippen molar-refractivity contribution in [3.8, 4) is 0 Å². The molecule has 0 aliphatic rings. The van der Waals surface area contributed by atoms with E-state index in [0.29, 0.717) is 0 Å². The van der Waals surface area contributed by atoms with Crippen molar-refractivity contribution in [2.24, 2.45) is 0 Å². The number of hydrogen-bond acceptors (Lipinski definition) is 2. The molecule has 0 saturated heterocycles. The van der Waals surface area contributed by atoms with Crippen LogP contribution in [0.25, 0.3) is 0 Å². The van der Waals surface area contributed by atoms with Gasteiger partial charge in [-0.15, -0.1) is 0 Å². The average Bonchev–Trinajstić information content (AvgIpc) is 2.93. The van der Waals surface area contributed by atoms with Crippen LogP contribution in [0.15, 0.2) is 121 Å². The third-order valence-corrected chi connectivity index (χ3v) is 12.0. The highest BCUT2D eigenvalue weighted by Crippen LogP contribution is 2.51. The van der Waals surface area contributed by atoms with Gasteiger partial charge < -0.3 is 9.53 Å². The largest absolute Gasteiger partial charge is 0.400 e. The maximum atomic E-state index is 11.2. The van der Waals surface area contributed by atoms with Crippen LogP contribution in [0, 0.1) is 0 Å². The first-order valence-electron chi connectivity index (χ1n) is 12.7. The molecule has 0 aliphatic heterocycles. The van der Waals surface area contributed by atoms with Gasteiger partial charge in [0.05, 0.1) is 5.73 Å². The molecule has 0 aliphatic carbocycles. The molecule has 0 fully saturated rings. The number of benzene rings is 4. The molecule has 0 amide bonds. The van der Waals surface area contributed by atoms with Gasteiger partial charge in [0, 0.05) is 5.92 Å². The molecule has 0 bridgehead atoms. The Morgan fingerprint density at radius 3 is 1.29 bits per heavy atom. The average molecular weight is 481 g/mol. The van der Waals surface area contributed by atoms with E-state index in [9.17, 15) is 5.11 Å². The lowest BCUT2D eigenvalue weighted by Gasteiger charge is -2.49. The van der Waals surface area contributed by atoms with E-state index < -0.39 is 19.6 Å². The molecule has 0 heterocycles. The van der Waals surface area contributed by atoms with E-state index >= 15 is 0 Å². The quantitative estimate of drug-likeness (QED) is 0.236. The molecule has 0 aromatic heterocycles. The molecule has 35 heavy (non-hydrogen) atoms. The predicted molar refractivity (Wildman–Crippen MR) is 148 cm³/mol. The van der Waals surface area contributed by atoms with Gasteiger partial charge in [-0.05, 0) is 41.3 Å². The van der Waals surface area contributed by atoms with Crippen LogP contribution in [-0.4, -0.2) is 19.2 Å². The van der Waals surface area contributed by atoms with Gasteiger partial charge in [0.2, 0.25) is 8.32 Å². The van der Waals surface area contributed by atoms with Crippen molar-refractivity contribution in [1.82, 2.24) is 0 Å². The second-order valence-corrected chi connectivity index (χ2v) is 13.9. The summed E-state index contributed by atoms with van der Waals surface area (Å²) in [5.74, 6) is -0.113. The highest BCUT2D eigenvalue weighted by Gasteiger charge is 2.52. The van der Waals surface area contributed by atoms with Gasteiger partial charge >= 0.3 is 0 Å². The molecular formula is C32H36O2Si. The van der Waals surface area contributed by atoms with Gasteiger partial charge in [0.25, 0.3) is 0 Å². The zero-order chi connectivity index (χ0) is 24.7. The molecule has 3 heteroatoms. The summed E-state index contributed by atoms with van der Waals surface area (Å²) in [6.07, 6.45) is 0. The minimum Gasteiger partial charge on any atom is -0.400 e. The molecular weight excluding hydrogens is 444 g/mol. The van der Waals surface area contributed by atoms with E-state index in [1.165, 1.54) is 11.1 Å². The molecule has 0 radical (unpaired) electrons. The van der Waals surface area contributed by atoms with Gasteiger partial charge in [0.15, 0.2) is 0 Å². The molecule has 180 valence electrons. The van der Waals surface area contributed by atoms with Crippen molar-refractivity contribution in [2.75, 3.05) is 0 Å². The van der Waals surface area contributed by atoms with Crippen molar-refractivity contribution in [3.05, 3.63) is 144 Å². The smallest absolute Gasteiger partial charge is 0.221 e. The number of aliphatic hydroxyl groups is 1. The van der Waals surface area contributed by atoms with E-state index in [1.807, 2.05) is 6.92 Å². The van der Waals surface area contributed by atoms with Crippen molar-refractivity contribution in [3.63, 3.8) is 0 Å². The Kier molecular flexibility index (Phi) is 8.02. The Hall–Kier alpha value is -2.98. The number of aliphatic hydroxyl groups excluding tert-OH is 1. The van der Waals surface area contributed by atoms with Crippen LogP contribution in [0.3, 0.4) is 0 Å². The first-order chi connectivity index (χ1) is 17.1. The topological polar surface area (TPSA) is 29.5 Å². The maximum Gasteiger partial charge on any atom is 0.221 e. The third-order valence-electron chi connectivity index (χ3n) is 7.40. The highest BCUT2D eigenvalue weighted by atomic mass is 28.4. The molecule has 0 saturated carbocycles. The van der Waals surface area contributed by atoms with Gasteiger partial charge in [-0.1, -0.05) is 135 Å². The fourth-order valence-electron chi connectivity index (χ4n) is 5.39. The van der Waals surface area contributed by atoms with Gasteiger partial charge in [-0.2, -0.15) is 0 Å². The summed E-state index contributed by atoms with van der Waals surface area (Å²) in [6, 6.07) is 44.2. The van der Waals surface area contributed by atoms with E-state index in [2.05, 4.69) is 135 Å². The Labute approximate surface area is 211 Å². The summed E-state index contributed by atoms with van der Waals surface area (Å²) in [5, 5.41) is 11.2. The van der Waals surface area contributed by atoms with Crippen LogP contribution in [0.4, 0.5) is 0 Å². The molecule has 1 unspecified atom stereocenters. The van der Waals surface area contributed by atoms with Gasteiger partial charge in [-0.3, -0.25) is 0 Å². The first-order valence-corrected chi connectivity index (χ1v) is 15.1. The summed E-state index contributed by atoms with van der Waals surface area (Å²) >= 11 is 0. The second-order valence-electron chi connectivity index (χ2n) is 9.27. The fraction of sp³-hybridized carbons (Fsp3) is 0.250. The van der Waals surface area contributed by atoms with Crippen LogP contribution in [-0.2, 0) is 10.0 Å². The SMILES string of the molecule is CC[Si](CC)(OC(c1ccccc1)(c1ccccc1)C(c1ccccc1)c1ccccc1)C(C)O. The zero-order valence-electron chi connectivity index (χ0n) is 21.0. The molecule has 4 aromatic rings. The van der Waals surface area contributed by atoms with Gasteiger partial charge in [0.1, 0.15) is 5.60 Å². The predicted octanol–water partition coefficient (Wildman–Crippen LogP) is 7.68. The summed E-state index contributed by atoms with van der Waals surface area (Å²) in [5.41, 5.74) is 3.25. The Morgan fingerprint density at radius 1 is 0.629 bits per heavy atom. The van der Waals surface area contributed by atoms with E-state index in [4.69, 9.17) is 4.43 Å². The molecule has 4 aromatic carbocycles. The molecule has 1 atom stereocenters. The van der Waals surface area contributed by atoms with Crippen LogP contribution in [0.5, 0.6) is 0 Å². The standard InChI is InChI=1S/C32H36O2Si/c1-4-35(5-2,26(3)33)34-32(29-22-14-8-15-23-29,30-24-16-9-17-25-30)31(27-18-10-6-11-19-27)28-20-12-7-13-21-28/h6-26,31,33H,4-5H2,1-3H3. The highest BCUT2D eigenvalue weighted by molar-refractivity contribution is 6.74. The zero-order valence-corrected chi connectivity index (χ0v) is 22.0. The molecule has 0 spiro atoms. The minimum absolute atomic E-state index is 0.113. The summed E-state index contributed by atoms with van der Waals surface area (Å²) in [6.45, 7) is 6.26. The van der Waals surface area contributed by atoms with Crippen molar-refractivity contribution >= 4 is 8.32 Å². The Balaban J connectivity index is 2.13. The fourth-order valence-corrected chi connectivity index (χ4v) is 8.53. The number of rotatable bonds is 10. The monoisotopic (exact) mass is 480 g/mol. The van der Waals surface area contributed by atoms with E-state index in [0.717, 1.165) is 23.2 Å². The van der Waals surface area contributed by atoms with Crippen molar-refractivity contribution in [2.45, 2.75) is 50.1 Å². The minimum atomic E-state index is -2.59. The molecule has 2 nitrogen and oxygen atoms in total. The Bertz CT molecular complexity index is 1080. The van der Waals surface area contributed by atoms with Crippen molar-refractivity contribution < 1.29 is 9.53 Å². The van der Waals surface area contributed by atoms with Gasteiger partial charge in [-0.25, -0.2) is 0 Å². The number of hydrogen-bond donors (Lipinski definition) is 1. The summed E-state index contributed by atoms with van der Waals surface area (Å²) in [4.78, 5) is 0. The summed E-state index contributed by atoms with van der Waals surface area (Å²) in [7, 11) is -2.59. The van der Waals surface area contributed by atoms with Crippen LogP contribution in [0.1, 0.15) is 48.9 Å². The van der Waals surface area contributed by atoms with E-state index in [-0.39, 0.29) is 5.92 Å². The second kappa shape index (κ2) is 11.2. The lowest BCUT2D eigenvalue weighted by Crippen LogP contribution is -2.56. The van der Waals surface area contributed by atoms with Crippen LogP contribution >= 0.6 is 0 Å². The van der Waals surface area contributed by atoms with E-state index in [1.54, 1.807) is 0 Å². The molecule has 4 rings (SSSR count). The van der Waals surface area contributed by atoms with Crippen LogP contribution in [0.2, 0.25) is 12.1 Å².